The zero-order valence-electron chi connectivity index (χ0n) is 17.3. The van der Waals surface area contributed by atoms with Gasteiger partial charge in [0.25, 0.3) is 0 Å². The van der Waals surface area contributed by atoms with Crippen molar-refractivity contribution in [3.8, 4) is 16.9 Å². The molecule has 2 amide bonds. The van der Waals surface area contributed by atoms with Gasteiger partial charge in [-0.05, 0) is 65.4 Å². The molecule has 0 atom stereocenters. The van der Waals surface area contributed by atoms with Crippen molar-refractivity contribution in [1.29, 1.82) is 0 Å². The van der Waals surface area contributed by atoms with Gasteiger partial charge in [0.1, 0.15) is 0 Å². The highest BCUT2D eigenvalue weighted by Gasteiger charge is 2.07. The maximum Gasteiger partial charge on any atom is 0.323 e. The Bertz CT molecular complexity index is 1460. The van der Waals surface area contributed by atoms with E-state index < -0.39 is 0 Å². The van der Waals surface area contributed by atoms with Crippen LogP contribution in [-0.2, 0) is 0 Å². The molecule has 0 aliphatic carbocycles. The molecule has 0 bridgehead atoms. The minimum atomic E-state index is -0.376. The Hall–Kier alpha value is -3.80. The summed E-state index contributed by atoms with van der Waals surface area (Å²) >= 11 is 11.9. The molecule has 0 spiro atoms. The van der Waals surface area contributed by atoms with Crippen molar-refractivity contribution in [3.63, 3.8) is 0 Å². The molecule has 7 heteroatoms. The molecule has 0 aliphatic heterocycles. The monoisotopic (exact) mass is 472 g/mol. The van der Waals surface area contributed by atoms with Crippen LogP contribution >= 0.6 is 23.2 Å². The summed E-state index contributed by atoms with van der Waals surface area (Å²) in [6, 6.07) is 28.5. The molecule has 0 saturated heterocycles. The van der Waals surface area contributed by atoms with Gasteiger partial charge in [-0.2, -0.15) is 5.10 Å². The topological polar surface area (TPSA) is 59.0 Å². The summed E-state index contributed by atoms with van der Waals surface area (Å²) in [6.45, 7) is 0. The molecule has 4 aromatic carbocycles. The van der Waals surface area contributed by atoms with Gasteiger partial charge in [0.2, 0.25) is 0 Å². The average molecular weight is 473 g/mol. The fourth-order valence-corrected chi connectivity index (χ4v) is 3.83. The molecule has 2 N–H and O–H groups in total. The third-order valence-corrected chi connectivity index (χ3v) is 5.94. The average Bonchev–Trinajstić information content (AvgIpc) is 3.32. The van der Waals surface area contributed by atoms with E-state index in [0.717, 1.165) is 16.9 Å². The SMILES string of the molecule is O=C(Nc1ccc(-n2ccc(-c3ccc4ccccc4c3)n2)cc1)Nc1ccc(Cl)c(Cl)c1. The van der Waals surface area contributed by atoms with Crippen LogP contribution in [0, 0.1) is 0 Å². The van der Waals surface area contributed by atoms with Gasteiger partial charge >= 0.3 is 6.03 Å². The molecule has 1 heterocycles. The molecule has 5 aromatic rings. The summed E-state index contributed by atoms with van der Waals surface area (Å²) in [5.74, 6) is 0. The van der Waals surface area contributed by atoms with Gasteiger partial charge in [-0.15, -0.1) is 0 Å². The van der Waals surface area contributed by atoms with Crippen LogP contribution in [0.25, 0.3) is 27.7 Å². The van der Waals surface area contributed by atoms with Crippen molar-refractivity contribution < 1.29 is 4.79 Å². The van der Waals surface area contributed by atoms with Gasteiger partial charge in [0, 0.05) is 23.1 Å². The first kappa shape index (κ1) is 21.1. The van der Waals surface area contributed by atoms with Crippen molar-refractivity contribution in [2.75, 3.05) is 10.6 Å². The lowest BCUT2D eigenvalue weighted by molar-refractivity contribution is 0.262. The van der Waals surface area contributed by atoms with Crippen LogP contribution in [0.4, 0.5) is 16.2 Å². The fraction of sp³-hybridized carbons (Fsp3) is 0. The Balaban J connectivity index is 1.28. The number of carbonyl (C=O) groups is 1. The van der Waals surface area contributed by atoms with Gasteiger partial charge in [-0.3, -0.25) is 0 Å². The summed E-state index contributed by atoms with van der Waals surface area (Å²) in [7, 11) is 0. The predicted molar refractivity (Wildman–Crippen MR) is 136 cm³/mol. The molecular weight excluding hydrogens is 455 g/mol. The number of hydrogen-bond donors (Lipinski definition) is 2. The van der Waals surface area contributed by atoms with E-state index >= 15 is 0 Å². The van der Waals surface area contributed by atoms with Crippen LogP contribution in [0.3, 0.4) is 0 Å². The van der Waals surface area contributed by atoms with Gasteiger partial charge in [-0.1, -0.05) is 59.6 Å². The van der Waals surface area contributed by atoms with Crippen molar-refractivity contribution >= 4 is 51.4 Å². The summed E-state index contributed by atoms with van der Waals surface area (Å²) < 4.78 is 1.81. The van der Waals surface area contributed by atoms with E-state index in [1.54, 1.807) is 18.2 Å². The number of anilines is 2. The van der Waals surface area contributed by atoms with Crippen LogP contribution in [0.1, 0.15) is 0 Å². The largest absolute Gasteiger partial charge is 0.323 e. The normalized spacial score (nSPS) is 10.8. The van der Waals surface area contributed by atoms with E-state index in [1.807, 2.05) is 53.3 Å². The van der Waals surface area contributed by atoms with Crippen molar-refractivity contribution in [3.05, 3.63) is 107 Å². The predicted octanol–water partition coefficient (Wildman–Crippen LogP) is 7.64. The molecule has 0 saturated carbocycles. The highest BCUT2D eigenvalue weighted by molar-refractivity contribution is 6.42. The molecule has 0 aliphatic rings. The standard InChI is InChI=1S/C26H18Cl2N4O/c27-23-12-9-21(16-24(23)28)30-26(33)29-20-7-10-22(11-8-20)32-14-13-25(31-32)19-6-5-17-3-1-2-4-18(17)15-19/h1-16H,(H2,29,30,33). The number of aromatic nitrogens is 2. The van der Waals surface area contributed by atoms with E-state index in [9.17, 15) is 4.79 Å². The van der Waals surface area contributed by atoms with Crippen molar-refractivity contribution in [1.82, 2.24) is 9.78 Å². The fourth-order valence-electron chi connectivity index (χ4n) is 3.54. The zero-order valence-corrected chi connectivity index (χ0v) is 18.8. The van der Waals surface area contributed by atoms with Gasteiger partial charge < -0.3 is 10.6 Å². The minimum absolute atomic E-state index is 0.376. The minimum Gasteiger partial charge on any atom is -0.308 e. The number of urea groups is 1. The molecule has 0 unspecified atom stereocenters. The first-order chi connectivity index (χ1) is 16.0. The molecule has 5 rings (SSSR count). The Morgan fingerprint density at radius 2 is 1.45 bits per heavy atom. The van der Waals surface area contributed by atoms with Crippen molar-refractivity contribution in [2.24, 2.45) is 0 Å². The quantitative estimate of drug-likeness (QED) is 0.282. The van der Waals surface area contributed by atoms with E-state index in [1.165, 1.54) is 10.8 Å². The summed E-state index contributed by atoms with van der Waals surface area (Å²) in [6.07, 6.45) is 1.92. The van der Waals surface area contributed by atoms with E-state index in [4.69, 9.17) is 28.3 Å². The number of amides is 2. The Kier molecular flexibility index (Phi) is 5.73. The molecular formula is C26H18Cl2N4O. The second kappa shape index (κ2) is 8.98. The zero-order chi connectivity index (χ0) is 22.8. The number of nitrogens with one attached hydrogen (secondary N) is 2. The molecule has 33 heavy (non-hydrogen) atoms. The van der Waals surface area contributed by atoms with Gasteiger partial charge in [-0.25, -0.2) is 9.48 Å². The highest BCUT2D eigenvalue weighted by atomic mass is 35.5. The number of rotatable bonds is 4. The van der Waals surface area contributed by atoms with Crippen LogP contribution in [0.2, 0.25) is 10.0 Å². The smallest absolute Gasteiger partial charge is 0.308 e. The number of fused-ring (bicyclic) bond motifs is 1. The number of nitrogens with zero attached hydrogens (tertiary/aromatic N) is 2. The lowest BCUT2D eigenvalue weighted by atomic mass is 10.1. The molecule has 0 fully saturated rings. The number of benzene rings is 4. The van der Waals surface area contributed by atoms with Crippen molar-refractivity contribution in [2.45, 2.75) is 0 Å². The third-order valence-electron chi connectivity index (χ3n) is 5.20. The van der Waals surface area contributed by atoms with E-state index in [0.29, 0.717) is 21.4 Å². The maximum atomic E-state index is 12.3. The lowest BCUT2D eigenvalue weighted by Gasteiger charge is -2.09. The Labute approximate surface area is 200 Å². The molecule has 5 nitrogen and oxygen atoms in total. The van der Waals surface area contributed by atoms with E-state index in [2.05, 4.69) is 41.0 Å². The van der Waals surface area contributed by atoms with Gasteiger partial charge in [0.05, 0.1) is 21.4 Å². The third kappa shape index (κ3) is 4.70. The van der Waals surface area contributed by atoms with Crippen LogP contribution in [0.5, 0.6) is 0 Å². The van der Waals surface area contributed by atoms with Crippen LogP contribution in [0.15, 0.2) is 97.2 Å². The Morgan fingerprint density at radius 1 is 0.727 bits per heavy atom. The molecule has 0 radical (unpaired) electrons. The number of halogens is 2. The highest BCUT2D eigenvalue weighted by Crippen LogP contribution is 2.26. The first-order valence-corrected chi connectivity index (χ1v) is 11.0. The van der Waals surface area contributed by atoms with E-state index in [-0.39, 0.29) is 6.03 Å². The van der Waals surface area contributed by atoms with Gasteiger partial charge in [0.15, 0.2) is 0 Å². The summed E-state index contributed by atoms with van der Waals surface area (Å²) in [5.41, 5.74) is 4.04. The lowest BCUT2D eigenvalue weighted by Crippen LogP contribution is -2.19. The number of carbonyl (C=O) groups excluding carboxylic acids is 1. The Morgan fingerprint density at radius 3 is 2.24 bits per heavy atom. The second-order valence-corrected chi connectivity index (χ2v) is 8.28. The first-order valence-electron chi connectivity index (χ1n) is 10.2. The molecule has 1 aromatic heterocycles. The maximum absolute atomic E-state index is 12.3. The van der Waals surface area contributed by atoms with Crippen LogP contribution in [-0.4, -0.2) is 15.8 Å². The summed E-state index contributed by atoms with van der Waals surface area (Å²) in [5, 5.41) is 13.4. The molecule has 162 valence electrons. The second-order valence-electron chi connectivity index (χ2n) is 7.46. The number of hydrogen-bond acceptors (Lipinski definition) is 2. The summed E-state index contributed by atoms with van der Waals surface area (Å²) in [4.78, 5) is 12.3. The van der Waals surface area contributed by atoms with Crippen LogP contribution < -0.4 is 10.6 Å².